The van der Waals surface area contributed by atoms with Crippen molar-refractivity contribution in [1.29, 1.82) is 0 Å². The van der Waals surface area contributed by atoms with Gasteiger partial charge in [-0.15, -0.1) is 6.42 Å². The second-order valence-electron chi connectivity index (χ2n) is 3.31. The first-order chi connectivity index (χ1) is 7.08. The maximum atomic E-state index is 11.7. The number of nitrogen functional groups attached to an aromatic ring is 1. The Morgan fingerprint density at radius 1 is 1.80 bits per heavy atom. The smallest absolute Gasteiger partial charge is 0.268 e. The molecular formula is C11H15N3O. The third-order valence-corrected chi connectivity index (χ3v) is 2.09. The Hall–Kier alpha value is -1.89. The highest BCUT2D eigenvalue weighted by Crippen LogP contribution is 2.10. The summed E-state index contributed by atoms with van der Waals surface area (Å²) in [4.78, 5) is 11.7. The van der Waals surface area contributed by atoms with Gasteiger partial charge in [0.2, 0.25) is 0 Å². The maximum Gasteiger partial charge on any atom is 0.268 e. The molecule has 1 aromatic heterocycles. The van der Waals surface area contributed by atoms with Crippen LogP contribution in [0.2, 0.25) is 0 Å². The lowest BCUT2D eigenvalue weighted by molar-refractivity contribution is 0.0939. The van der Waals surface area contributed by atoms with E-state index in [2.05, 4.69) is 11.2 Å². The van der Waals surface area contributed by atoms with Gasteiger partial charge in [-0.1, -0.05) is 5.92 Å². The van der Waals surface area contributed by atoms with Crippen LogP contribution in [0.5, 0.6) is 0 Å². The second kappa shape index (κ2) is 4.56. The Labute approximate surface area is 89.5 Å². The van der Waals surface area contributed by atoms with Crippen molar-refractivity contribution >= 4 is 11.6 Å². The van der Waals surface area contributed by atoms with Crippen LogP contribution in [0.4, 0.5) is 5.69 Å². The zero-order chi connectivity index (χ0) is 11.4. The summed E-state index contributed by atoms with van der Waals surface area (Å²) in [6, 6.07) is 1.36. The molecule has 0 bridgehead atoms. The lowest BCUT2D eigenvalue weighted by Gasteiger charge is -2.09. The van der Waals surface area contributed by atoms with Crippen LogP contribution in [0.25, 0.3) is 0 Å². The Bertz CT molecular complexity index is 400. The summed E-state index contributed by atoms with van der Waals surface area (Å²) in [6.07, 6.45) is 6.91. The summed E-state index contributed by atoms with van der Waals surface area (Å²) in [5.74, 6) is 2.24. The van der Waals surface area contributed by atoms with Crippen molar-refractivity contribution in [3.05, 3.63) is 18.0 Å². The van der Waals surface area contributed by atoms with Crippen LogP contribution in [-0.4, -0.2) is 16.5 Å². The van der Waals surface area contributed by atoms with Gasteiger partial charge >= 0.3 is 0 Å². The molecule has 4 heteroatoms. The molecule has 80 valence electrons. The first-order valence-electron chi connectivity index (χ1n) is 4.81. The van der Waals surface area contributed by atoms with Crippen LogP contribution in [0, 0.1) is 12.3 Å². The average molecular weight is 205 g/mol. The molecule has 0 aliphatic heterocycles. The highest BCUT2D eigenvalue weighted by atomic mass is 16.2. The van der Waals surface area contributed by atoms with Crippen LogP contribution in [0.15, 0.2) is 12.3 Å². The number of carbonyl (C=O) groups is 1. The molecule has 0 aliphatic rings. The van der Waals surface area contributed by atoms with Gasteiger partial charge in [0.1, 0.15) is 5.69 Å². The quantitative estimate of drug-likeness (QED) is 0.718. The SMILES string of the molecule is C#CC(C)NC(=O)c1cc(N)cn1CC. The van der Waals surface area contributed by atoms with E-state index < -0.39 is 0 Å². The van der Waals surface area contributed by atoms with Gasteiger partial charge in [-0.25, -0.2) is 0 Å². The summed E-state index contributed by atoms with van der Waals surface area (Å²) in [7, 11) is 0. The molecule has 1 unspecified atom stereocenters. The van der Waals surface area contributed by atoms with Crippen molar-refractivity contribution in [1.82, 2.24) is 9.88 Å². The molecule has 0 saturated heterocycles. The zero-order valence-electron chi connectivity index (χ0n) is 8.95. The number of aromatic nitrogens is 1. The minimum atomic E-state index is -0.279. The first-order valence-corrected chi connectivity index (χ1v) is 4.81. The van der Waals surface area contributed by atoms with Gasteiger partial charge in [-0.2, -0.15) is 0 Å². The van der Waals surface area contributed by atoms with E-state index in [1.54, 1.807) is 23.8 Å². The number of aryl methyl sites for hydroxylation is 1. The molecule has 1 heterocycles. The number of nitrogens with two attached hydrogens (primary N) is 1. The Morgan fingerprint density at radius 2 is 2.47 bits per heavy atom. The van der Waals surface area contributed by atoms with Crippen LogP contribution < -0.4 is 11.1 Å². The van der Waals surface area contributed by atoms with Gasteiger partial charge in [-0.3, -0.25) is 4.79 Å². The number of nitrogens with one attached hydrogen (secondary N) is 1. The third-order valence-electron chi connectivity index (χ3n) is 2.09. The predicted octanol–water partition coefficient (Wildman–Crippen LogP) is 0.842. The number of rotatable bonds is 3. The molecule has 1 aromatic rings. The average Bonchev–Trinajstić information content (AvgIpc) is 2.59. The first kappa shape index (κ1) is 11.2. The lowest BCUT2D eigenvalue weighted by atomic mass is 10.3. The number of anilines is 1. The van der Waals surface area contributed by atoms with Crippen LogP contribution in [0.3, 0.4) is 0 Å². The van der Waals surface area contributed by atoms with E-state index in [1.807, 2.05) is 6.92 Å². The predicted molar refractivity (Wildman–Crippen MR) is 60.3 cm³/mol. The van der Waals surface area contributed by atoms with Crippen LogP contribution >= 0.6 is 0 Å². The van der Waals surface area contributed by atoms with E-state index in [0.717, 1.165) is 0 Å². The summed E-state index contributed by atoms with van der Waals surface area (Å²) < 4.78 is 1.79. The van der Waals surface area contributed by atoms with Gasteiger partial charge in [0.15, 0.2) is 0 Å². The number of nitrogens with zero attached hydrogens (tertiary/aromatic N) is 1. The molecule has 0 fully saturated rings. The number of terminal acetylenes is 1. The largest absolute Gasteiger partial charge is 0.397 e. The molecule has 1 amide bonds. The van der Waals surface area contributed by atoms with Crippen LogP contribution in [0.1, 0.15) is 24.3 Å². The molecular weight excluding hydrogens is 190 g/mol. The molecule has 0 aromatic carbocycles. The van der Waals surface area contributed by atoms with Crippen molar-refractivity contribution in [3.63, 3.8) is 0 Å². The van der Waals surface area contributed by atoms with Gasteiger partial charge in [0.25, 0.3) is 5.91 Å². The monoisotopic (exact) mass is 205 g/mol. The molecule has 1 rings (SSSR count). The summed E-state index contributed by atoms with van der Waals surface area (Å²) in [5, 5.41) is 2.68. The standard InChI is InChI=1S/C11H15N3O/c1-4-8(3)13-11(15)10-6-9(12)7-14(10)5-2/h1,6-8H,5,12H2,2-3H3,(H,13,15). The van der Waals surface area contributed by atoms with E-state index >= 15 is 0 Å². The van der Waals surface area contributed by atoms with Crippen molar-refractivity contribution in [2.45, 2.75) is 26.4 Å². The molecule has 1 atom stereocenters. The molecule has 15 heavy (non-hydrogen) atoms. The highest BCUT2D eigenvalue weighted by Gasteiger charge is 2.13. The topological polar surface area (TPSA) is 60.1 Å². The summed E-state index contributed by atoms with van der Waals surface area (Å²) >= 11 is 0. The minimum absolute atomic E-state index is 0.195. The summed E-state index contributed by atoms with van der Waals surface area (Å²) in [5.41, 5.74) is 6.73. The molecule has 0 radical (unpaired) electrons. The fraction of sp³-hybridized carbons (Fsp3) is 0.364. The van der Waals surface area contributed by atoms with Gasteiger partial charge in [0.05, 0.1) is 11.7 Å². The van der Waals surface area contributed by atoms with E-state index in [1.165, 1.54) is 0 Å². The van der Waals surface area contributed by atoms with E-state index in [4.69, 9.17) is 12.2 Å². The molecule has 0 saturated carbocycles. The normalized spacial score (nSPS) is 11.8. The minimum Gasteiger partial charge on any atom is -0.397 e. The second-order valence-corrected chi connectivity index (χ2v) is 3.31. The fourth-order valence-electron chi connectivity index (χ4n) is 1.30. The molecule has 4 nitrogen and oxygen atoms in total. The fourth-order valence-corrected chi connectivity index (χ4v) is 1.30. The molecule has 3 N–H and O–H groups in total. The van der Waals surface area contributed by atoms with Gasteiger partial charge in [-0.05, 0) is 19.9 Å². The number of amides is 1. The van der Waals surface area contributed by atoms with Crippen molar-refractivity contribution < 1.29 is 4.79 Å². The highest BCUT2D eigenvalue weighted by molar-refractivity contribution is 5.94. The van der Waals surface area contributed by atoms with Crippen molar-refractivity contribution in [2.24, 2.45) is 0 Å². The van der Waals surface area contributed by atoms with E-state index in [0.29, 0.717) is 17.9 Å². The maximum absolute atomic E-state index is 11.7. The Balaban J connectivity index is 2.86. The molecule has 0 aliphatic carbocycles. The van der Waals surface area contributed by atoms with E-state index in [-0.39, 0.29) is 11.9 Å². The van der Waals surface area contributed by atoms with Crippen molar-refractivity contribution in [3.8, 4) is 12.3 Å². The number of hydrogen-bond donors (Lipinski definition) is 2. The van der Waals surface area contributed by atoms with Gasteiger partial charge < -0.3 is 15.6 Å². The molecule has 0 spiro atoms. The Morgan fingerprint density at radius 3 is 3.00 bits per heavy atom. The Kier molecular flexibility index (Phi) is 3.40. The zero-order valence-corrected chi connectivity index (χ0v) is 8.95. The number of carbonyl (C=O) groups excluding carboxylic acids is 1. The summed E-state index contributed by atoms with van der Waals surface area (Å²) in [6.45, 7) is 4.39. The van der Waals surface area contributed by atoms with Gasteiger partial charge in [0, 0.05) is 12.7 Å². The number of hydrogen-bond acceptors (Lipinski definition) is 2. The third kappa shape index (κ3) is 2.53. The van der Waals surface area contributed by atoms with Crippen LogP contribution in [-0.2, 0) is 6.54 Å². The lowest BCUT2D eigenvalue weighted by Crippen LogP contribution is -2.32. The van der Waals surface area contributed by atoms with Crippen molar-refractivity contribution in [2.75, 3.05) is 5.73 Å². The van der Waals surface area contributed by atoms with E-state index in [9.17, 15) is 4.79 Å².